The first-order chi connectivity index (χ1) is 9.97. The Labute approximate surface area is 129 Å². The van der Waals surface area contributed by atoms with E-state index in [1.54, 1.807) is 0 Å². The standard InChI is InChI=1S/C15H30N2O3S/c1-21(19,20)15-6-3-2-5-14(15)16-9-4-10-17-11-7-13(18)8-12-17/h13-16,18H,2-12H2,1H3. The molecule has 1 aliphatic carbocycles. The number of aliphatic hydroxyl groups is 1. The van der Waals surface area contributed by atoms with Crippen molar-refractivity contribution in [3.8, 4) is 0 Å². The van der Waals surface area contributed by atoms with Crippen molar-refractivity contribution < 1.29 is 13.5 Å². The van der Waals surface area contributed by atoms with Crippen LogP contribution in [0.15, 0.2) is 0 Å². The zero-order chi connectivity index (χ0) is 15.3. The fraction of sp³-hybridized carbons (Fsp3) is 1.00. The molecule has 2 aliphatic rings. The molecule has 0 aromatic carbocycles. The lowest BCUT2D eigenvalue weighted by Crippen LogP contribution is -2.46. The van der Waals surface area contributed by atoms with Crippen molar-refractivity contribution in [2.75, 3.05) is 32.4 Å². The average molecular weight is 318 g/mol. The van der Waals surface area contributed by atoms with E-state index in [4.69, 9.17) is 0 Å². The van der Waals surface area contributed by atoms with E-state index in [-0.39, 0.29) is 17.4 Å². The molecule has 1 saturated carbocycles. The second-order valence-electron chi connectivity index (χ2n) is 6.64. The Morgan fingerprint density at radius 1 is 1.14 bits per heavy atom. The molecule has 0 bridgehead atoms. The minimum absolute atomic E-state index is 0.114. The normalized spacial score (nSPS) is 29.6. The van der Waals surface area contributed by atoms with Gasteiger partial charge < -0.3 is 15.3 Å². The number of aliphatic hydroxyl groups excluding tert-OH is 1. The van der Waals surface area contributed by atoms with Gasteiger partial charge in [-0.3, -0.25) is 0 Å². The predicted molar refractivity (Wildman–Crippen MR) is 85.2 cm³/mol. The first-order valence-corrected chi connectivity index (χ1v) is 10.2. The van der Waals surface area contributed by atoms with Crippen molar-refractivity contribution in [2.24, 2.45) is 0 Å². The summed E-state index contributed by atoms with van der Waals surface area (Å²) in [5.41, 5.74) is 0. The Hall–Kier alpha value is -0.170. The zero-order valence-electron chi connectivity index (χ0n) is 13.1. The van der Waals surface area contributed by atoms with Crippen LogP contribution in [0.4, 0.5) is 0 Å². The van der Waals surface area contributed by atoms with E-state index < -0.39 is 9.84 Å². The van der Waals surface area contributed by atoms with Crippen molar-refractivity contribution in [3.05, 3.63) is 0 Å². The van der Waals surface area contributed by atoms with Crippen molar-refractivity contribution in [2.45, 2.75) is 62.3 Å². The van der Waals surface area contributed by atoms with Gasteiger partial charge in [-0.15, -0.1) is 0 Å². The van der Waals surface area contributed by atoms with Gasteiger partial charge in [0.25, 0.3) is 0 Å². The van der Waals surface area contributed by atoms with Crippen molar-refractivity contribution in [1.82, 2.24) is 10.2 Å². The highest BCUT2D eigenvalue weighted by atomic mass is 32.2. The van der Waals surface area contributed by atoms with E-state index in [1.807, 2.05) is 0 Å². The van der Waals surface area contributed by atoms with Crippen LogP contribution in [0.1, 0.15) is 44.9 Å². The smallest absolute Gasteiger partial charge is 0.151 e. The molecule has 0 amide bonds. The first kappa shape index (κ1) is 17.2. The van der Waals surface area contributed by atoms with Gasteiger partial charge in [0.2, 0.25) is 0 Å². The fourth-order valence-electron chi connectivity index (χ4n) is 3.58. The number of hydrogen-bond acceptors (Lipinski definition) is 5. The van der Waals surface area contributed by atoms with Crippen LogP contribution in [0.5, 0.6) is 0 Å². The quantitative estimate of drug-likeness (QED) is 0.708. The Morgan fingerprint density at radius 2 is 1.81 bits per heavy atom. The summed E-state index contributed by atoms with van der Waals surface area (Å²) in [6, 6.07) is 0.136. The topological polar surface area (TPSA) is 69.6 Å². The fourth-order valence-corrected chi connectivity index (χ4v) is 5.00. The Morgan fingerprint density at radius 3 is 2.48 bits per heavy atom. The number of rotatable bonds is 6. The molecule has 1 saturated heterocycles. The summed E-state index contributed by atoms with van der Waals surface area (Å²) in [5, 5.41) is 12.8. The number of likely N-dealkylation sites (tertiary alicyclic amines) is 1. The number of piperidine rings is 1. The van der Waals surface area contributed by atoms with Crippen molar-refractivity contribution in [3.63, 3.8) is 0 Å². The van der Waals surface area contributed by atoms with Gasteiger partial charge in [0.15, 0.2) is 9.84 Å². The molecular weight excluding hydrogens is 288 g/mol. The third-order valence-corrected chi connectivity index (χ3v) is 6.53. The summed E-state index contributed by atoms with van der Waals surface area (Å²) in [4.78, 5) is 2.39. The molecule has 0 aromatic heterocycles. The Bertz CT molecular complexity index is 405. The molecule has 0 radical (unpaired) electrons. The molecule has 0 aromatic rings. The summed E-state index contributed by atoms with van der Waals surface area (Å²) in [7, 11) is -2.94. The number of nitrogens with one attached hydrogen (secondary N) is 1. The van der Waals surface area contributed by atoms with E-state index in [0.29, 0.717) is 0 Å². The van der Waals surface area contributed by atoms with Crippen LogP contribution in [0.25, 0.3) is 0 Å². The van der Waals surface area contributed by atoms with Gasteiger partial charge >= 0.3 is 0 Å². The molecule has 1 aliphatic heterocycles. The van der Waals surface area contributed by atoms with Gasteiger partial charge in [0.1, 0.15) is 0 Å². The maximum Gasteiger partial charge on any atom is 0.151 e. The second-order valence-corrected chi connectivity index (χ2v) is 8.90. The van der Waals surface area contributed by atoms with Crippen LogP contribution >= 0.6 is 0 Å². The molecule has 1 heterocycles. The molecule has 2 fully saturated rings. The lowest BCUT2D eigenvalue weighted by molar-refractivity contribution is 0.0820. The predicted octanol–water partition coefficient (Wildman–Crippen LogP) is 0.779. The molecule has 2 N–H and O–H groups in total. The molecule has 2 atom stereocenters. The molecule has 21 heavy (non-hydrogen) atoms. The van der Waals surface area contributed by atoms with E-state index in [0.717, 1.165) is 71.1 Å². The molecule has 5 nitrogen and oxygen atoms in total. The van der Waals surface area contributed by atoms with Gasteiger partial charge in [0.05, 0.1) is 11.4 Å². The first-order valence-electron chi connectivity index (χ1n) is 8.29. The van der Waals surface area contributed by atoms with E-state index in [2.05, 4.69) is 10.2 Å². The van der Waals surface area contributed by atoms with Gasteiger partial charge in [-0.2, -0.15) is 0 Å². The monoisotopic (exact) mass is 318 g/mol. The third kappa shape index (κ3) is 5.51. The maximum atomic E-state index is 11.8. The summed E-state index contributed by atoms with van der Waals surface area (Å²) in [6.45, 7) is 3.89. The van der Waals surface area contributed by atoms with Crippen LogP contribution in [-0.4, -0.2) is 68.3 Å². The minimum Gasteiger partial charge on any atom is -0.393 e. The SMILES string of the molecule is CS(=O)(=O)C1CCCCC1NCCCN1CCC(O)CC1. The Balaban J connectivity index is 1.67. The summed E-state index contributed by atoms with van der Waals surface area (Å²) in [5.74, 6) is 0. The average Bonchev–Trinajstić information content (AvgIpc) is 2.45. The van der Waals surface area contributed by atoms with Crippen LogP contribution in [0.3, 0.4) is 0 Å². The highest BCUT2D eigenvalue weighted by Crippen LogP contribution is 2.24. The highest BCUT2D eigenvalue weighted by molar-refractivity contribution is 7.91. The lowest BCUT2D eigenvalue weighted by Gasteiger charge is -2.32. The second kappa shape index (κ2) is 7.90. The van der Waals surface area contributed by atoms with Crippen molar-refractivity contribution in [1.29, 1.82) is 0 Å². The van der Waals surface area contributed by atoms with Gasteiger partial charge in [0, 0.05) is 25.4 Å². The zero-order valence-corrected chi connectivity index (χ0v) is 13.9. The third-order valence-electron chi connectivity index (χ3n) is 4.87. The maximum absolute atomic E-state index is 11.8. The number of hydrogen-bond donors (Lipinski definition) is 2. The molecule has 2 unspecified atom stereocenters. The minimum atomic E-state index is -2.94. The molecule has 6 heteroatoms. The largest absolute Gasteiger partial charge is 0.393 e. The van der Waals surface area contributed by atoms with Gasteiger partial charge in [-0.1, -0.05) is 12.8 Å². The molecule has 124 valence electrons. The molecule has 0 spiro atoms. The van der Waals surface area contributed by atoms with Gasteiger partial charge in [-0.05, 0) is 45.2 Å². The molecular formula is C15H30N2O3S. The Kier molecular flexibility index (Phi) is 6.47. The van der Waals surface area contributed by atoms with E-state index in [1.165, 1.54) is 6.26 Å². The lowest BCUT2D eigenvalue weighted by atomic mass is 9.95. The summed E-state index contributed by atoms with van der Waals surface area (Å²) >= 11 is 0. The summed E-state index contributed by atoms with van der Waals surface area (Å²) in [6.07, 6.45) is 8.02. The summed E-state index contributed by atoms with van der Waals surface area (Å²) < 4.78 is 23.7. The van der Waals surface area contributed by atoms with Gasteiger partial charge in [-0.25, -0.2) is 8.42 Å². The highest BCUT2D eigenvalue weighted by Gasteiger charge is 2.32. The molecule has 2 rings (SSSR count). The number of nitrogens with zero attached hydrogens (tertiary/aromatic N) is 1. The van der Waals surface area contributed by atoms with Crippen LogP contribution in [0.2, 0.25) is 0 Å². The number of sulfone groups is 1. The van der Waals surface area contributed by atoms with Crippen LogP contribution in [0, 0.1) is 0 Å². The van der Waals surface area contributed by atoms with Crippen LogP contribution < -0.4 is 5.32 Å². The van der Waals surface area contributed by atoms with E-state index in [9.17, 15) is 13.5 Å². The van der Waals surface area contributed by atoms with Crippen molar-refractivity contribution >= 4 is 9.84 Å². The van der Waals surface area contributed by atoms with Crippen LogP contribution in [-0.2, 0) is 9.84 Å². The van der Waals surface area contributed by atoms with E-state index >= 15 is 0 Å².